The van der Waals surface area contributed by atoms with Gasteiger partial charge in [-0.2, -0.15) is 0 Å². The molecule has 0 radical (unpaired) electrons. The van der Waals surface area contributed by atoms with E-state index in [1.807, 2.05) is 7.05 Å². The van der Waals surface area contributed by atoms with E-state index in [0.717, 1.165) is 25.5 Å². The maximum atomic E-state index is 13.4. The van der Waals surface area contributed by atoms with E-state index < -0.39 is 17.3 Å². The average molecular weight is 253 g/mol. The molecule has 4 nitrogen and oxygen atoms in total. The van der Waals surface area contributed by atoms with Crippen molar-refractivity contribution in [3.8, 4) is 5.75 Å². The van der Waals surface area contributed by atoms with Crippen LogP contribution in [-0.2, 0) is 0 Å². The number of rotatable bonds is 4. The van der Waals surface area contributed by atoms with E-state index in [4.69, 9.17) is 9.84 Å². The smallest absolute Gasteiger partial charge is 0.342 e. The Morgan fingerprint density at radius 3 is 3.00 bits per heavy atom. The topological polar surface area (TPSA) is 49.8 Å². The van der Waals surface area contributed by atoms with Crippen molar-refractivity contribution in [3.05, 3.63) is 29.6 Å². The SMILES string of the molecule is CN1CCCC1COc1cccc(F)c1C(=O)O. The van der Waals surface area contributed by atoms with Gasteiger partial charge in [-0.05, 0) is 38.6 Å². The molecule has 1 aliphatic rings. The molecule has 1 heterocycles. The van der Waals surface area contributed by atoms with Crippen LogP contribution in [0.2, 0.25) is 0 Å². The van der Waals surface area contributed by atoms with E-state index in [0.29, 0.717) is 6.61 Å². The van der Waals surface area contributed by atoms with Crippen molar-refractivity contribution in [1.29, 1.82) is 0 Å². The molecule has 0 amide bonds. The summed E-state index contributed by atoms with van der Waals surface area (Å²) in [6, 6.07) is 4.34. The largest absolute Gasteiger partial charge is 0.491 e. The highest BCUT2D eigenvalue weighted by molar-refractivity contribution is 5.91. The number of carboxylic acids is 1. The summed E-state index contributed by atoms with van der Waals surface area (Å²) >= 11 is 0. The second kappa shape index (κ2) is 5.35. The molecule has 1 atom stereocenters. The molecule has 1 N–H and O–H groups in total. The molecule has 0 spiro atoms. The lowest BCUT2D eigenvalue weighted by molar-refractivity contribution is 0.0685. The number of carbonyl (C=O) groups is 1. The molecule has 1 saturated heterocycles. The monoisotopic (exact) mass is 253 g/mol. The number of likely N-dealkylation sites (N-methyl/N-ethyl adjacent to an activating group) is 1. The first kappa shape index (κ1) is 12.8. The predicted octanol–water partition coefficient (Wildman–Crippen LogP) is 2.00. The maximum absolute atomic E-state index is 13.4. The normalized spacial score (nSPS) is 20.0. The Hall–Kier alpha value is -1.62. The van der Waals surface area contributed by atoms with Gasteiger partial charge in [-0.1, -0.05) is 6.07 Å². The number of halogens is 1. The predicted molar refractivity (Wildman–Crippen MR) is 64.5 cm³/mol. The third kappa shape index (κ3) is 2.61. The molecular formula is C13H16FNO3. The second-order valence-electron chi connectivity index (χ2n) is 4.51. The fourth-order valence-corrected chi connectivity index (χ4v) is 2.21. The minimum Gasteiger partial charge on any atom is -0.491 e. The molecule has 1 aliphatic heterocycles. The Balaban J connectivity index is 2.09. The summed E-state index contributed by atoms with van der Waals surface area (Å²) in [5.74, 6) is -1.97. The highest BCUT2D eigenvalue weighted by Crippen LogP contribution is 2.23. The first-order valence-electron chi connectivity index (χ1n) is 5.94. The zero-order chi connectivity index (χ0) is 13.1. The van der Waals surface area contributed by atoms with Gasteiger partial charge in [-0.3, -0.25) is 0 Å². The van der Waals surface area contributed by atoms with Gasteiger partial charge in [-0.15, -0.1) is 0 Å². The summed E-state index contributed by atoms with van der Waals surface area (Å²) < 4.78 is 18.9. The molecule has 1 aromatic rings. The van der Waals surface area contributed by atoms with Gasteiger partial charge in [0.2, 0.25) is 0 Å². The van der Waals surface area contributed by atoms with Crippen LogP contribution in [0.4, 0.5) is 4.39 Å². The fraction of sp³-hybridized carbons (Fsp3) is 0.462. The van der Waals surface area contributed by atoms with Crippen molar-refractivity contribution in [2.45, 2.75) is 18.9 Å². The van der Waals surface area contributed by atoms with Gasteiger partial charge in [0, 0.05) is 6.04 Å². The van der Waals surface area contributed by atoms with Crippen molar-refractivity contribution >= 4 is 5.97 Å². The quantitative estimate of drug-likeness (QED) is 0.891. The Bertz CT molecular complexity index is 450. The lowest BCUT2D eigenvalue weighted by Crippen LogP contribution is -2.30. The average Bonchev–Trinajstić information content (AvgIpc) is 2.71. The third-order valence-corrected chi connectivity index (χ3v) is 3.29. The molecule has 2 rings (SSSR count). The number of aromatic carboxylic acids is 1. The number of carboxylic acid groups (broad SMARTS) is 1. The van der Waals surface area contributed by atoms with Gasteiger partial charge in [0.15, 0.2) is 0 Å². The lowest BCUT2D eigenvalue weighted by atomic mass is 10.2. The van der Waals surface area contributed by atoms with Gasteiger partial charge in [-0.25, -0.2) is 9.18 Å². The van der Waals surface area contributed by atoms with Gasteiger partial charge < -0.3 is 14.7 Å². The Kier molecular flexibility index (Phi) is 3.81. The van der Waals surface area contributed by atoms with Crippen LogP contribution in [0.1, 0.15) is 23.2 Å². The van der Waals surface area contributed by atoms with Crippen molar-refractivity contribution in [2.24, 2.45) is 0 Å². The molecule has 5 heteroatoms. The molecule has 0 aromatic heterocycles. The van der Waals surface area contributed by atoms with Gasteiger partial charge >= 0.3 is 5.97 Å². The van der Waals surface area contributed by atoms with Crippen LogP contribution in [0.5, 0.6) is 5.75 Å². The van der Waals surface area contributed by atoms with Gasteiger partial charge in [0.1, 0.15) is 23.7 Å². The van der Waals surface area contributed by atoms with E-state index in [1.165, 1.54) is 12.1 Å². The second-order valence-corrected chi connectivity index (χ2v) is 4.51. The Labute approximate surface area is 105 Å². The molecule has 18 heavy (non-hydrogen) atoms. The summed E-state index contributed by atoms with van der Waals surface area (Å²) in [6.07, 6.45) is 2.13. The minimum atomic E-state index is -1.30. The number of ether oxygens (including phenoxy) is 1. The van der Waals surface area contributed by atoms with Crippen molar-refractivity contribution < 1.29 is 19.0 Å². The van der Waals surface area contributed by atoms with Crippen LogP contribution in [0, 0.1) is 5.82 Å². The van der Waals surface area contributed by atoms with Crippen LogP contribution >= 0.6 is 0 Å². The highest BCUT2D eigenvalue weighted by Gasteiger charge is 2.23. The number of hydrogen-bond donors (Lipinski definition) is 1. The molecule has 1 aromatic carbocycles. The summed E-state index contributed by atoms with van der Waals surface area (Å²) in [7, 11) is 2.00. The number of likely N-dealkylation sites (tertiary alicyclic amines) is 1. The van der Waals surface area contributed by atoms with Crippen molar-refractivity contribution in [3.63, 3.8) is 0 Å². The molecule has 0 aliphatic carbocycles. The standard InChI is InChI=1S/C13H16FNO3/c1-15-7-3-4-9(15)8-18-11-6-2-5-10(14)12(11)13(16)17/h2,5-6,9H,3-4,7-8H2,1H3,(H,16,17). The first-order valence-corrected chi connectivity index (χ1v) is 5.94. The molecule has 98 valence electrons. The summed E-state index contributed by atoms with van der Waals surface area (Å²) in [6.45, 7) is 1.41. The molecule has 1 unspecified atom stereocenters. The molecular weight excluding hydrogens is 237 g/mol. The fourth-order valence-electron chi connectivity index (χ4n) is 2.21. The van der Waals surface area contributed by atoms with Crippen molar-refractivity contribution in [1.82, 2.24) is 4.90 Å². The van der Waals surface area contributed by atoms with Crippen LogP contribution in [0.15, 0.2) is 18.2 Å². The highest BCUT2D eigenvalue weighted by atomic mass is 19.1. The lowest BCUT2D eigenvalue weighted by Gasteiger charge is -2.20. The number of hydrogen-bond acceptors (Lipinski definition) is 3. The van der Waals surface area contributed by atoms with Crippen LogP contribution in [-0.4, -0.2) is 42.2 Å². The van der Waals surface area contributed by atoms with E-state index in [1.54, 1.807) is 0 Å². The Morgan fingerprint density at radius 2 is 2.39 bits per heavy atom. The Morgan fingerprint density at radius 1 is 1.61 bits per heavy atom. The number of nitrogens with zero attached hydrogens (tertiary/aromatic N) is 1. The van der Waals surface area contributed by atoms with E-state index >= 15 is 0 Å². The van der Waals surface area contributed by atoms with Crippen molar-refractivity contribution in [2.75, 3.05) is 20.2 Å². The summed E-state index contributed by atoms with van der Waals surface area (Å²) in [5, 5.41) is 8.96. The maximum Gasteiger partial charge on any atom is 0.342 e. The van der Waals surface area contributed by atoms with Gasteiger partial charge in [0.25, 0.3) is 0 Å². The zero-order valence-electron chi connectivity index (χ0n) is 10.2. The third-order valence-electron chi connectivity index (χ3n) is 3.29. The number of benzene rings is 1. The summed E-state index contributed by atoms with van der Waals surface area (Å²) in [4.78, 5) is 13.1. The summed E-state index contributed by atoms with van der Waals surface area (Å²) in [5.41, 5.74) is -0.391. The molecule has 0 bridgehead atoms. The van der Waals surface area contributed by atoms with Crippen LogP contribution < -0.4 is 4.74 Å². The zero-order valence-corrected chi connectivity index (χ0v) is 10.2. The van der Waals surface area contributed by atoms with Gasteiger partial charge in [0.05, 0.1) is 0 Å². The van der Waals surface area contributed by atoms with Crippen LogP contribution in [0.25, 0.3) is 0 Å². The van der Waals surface area contributed by atoms with E-state index in [9.17, 15) is 9.18 Å². The minimum absolute atomic E-state index is 0.0998. The molecule has 0 saturated carbocycles. The molecule has 1 fully saturated rings. The van der Waals surface area contributed by atoms with E-state index in [2.05, 4.69) is 4.90 Å². The first-order chi connectivity index (χ1) is 8.59. The van der Waals surface area contributed by atoms with Crippen LogP contribution in [0.3, 0.4) is 0 Å². The van der Waals surface area contributed by atoms with E-state index in [-0.39, 0.29) is 11.8 Å².